The van der Waals surface area contributed by atoms with Gasteiger partial charge in [0.15, 0.2) is 5.82 Å². The van der Waals surface area contributed by atoms with Gasteiger partial charge in [0.25, 0.3) is 0 Å². The lowest BCUT2D eigenvalue weighted by molar-refractivity contribution is 0.0695. The van der Waals surface area contributed by atoms with Gasteiger partial charge in [0.1, 0.15) is 17.0 Å². The molecule has 0 radical (unpaired) electrons. The normalized spacial score (nSPS) is 24.0. The fraction of sp³-hybridized carbons (Fsp3) is 0.524. The minimum absolute atomic E-state index is 0.0229. The van der Waals surface area contributed by atoms with Crippen LogP contribution in [0.15, 0.2) is 17.1 Å². The van der Waals surface area contributed by atoms with E-state index in [4.69, 9.17) is 4.74 Å². The van der Waals surface area contributed by atoms with E-state index in [2.05, 4.69) is 5.32 Å². The number of hydrogen-bond donors (Lipinski definition) is 2. The number of carboxylic acid groups (broad SMARTS) is 1. The fourth-order valence-corrected chi connectivity index (χ4v) is 4.91. The van der Waals surface area contributed by atoms with Crippen molar-refractivity contribution in [1.29, 1.82) is 0 Å². The number of aromatic nitrogens is 1. The maximum absolute atomic E-state index is 16.0. The second kappa shape index (κ2) is 6.73. The summed E-state index contributed by atoms with van der Waals surface area (Å²) in [6.07, 6.45) is 5.21. The summed E-state index contributed by atoms with van der Waals surface area (Å²) in [5, 5.41) is 13.0. The van der Waals surface area contributed by atoms with Crippen molar-refractivity contribution in [3.63, 3.8) is 0 Å². The second-order valence-electron chi connectivity index (χ2n) is 8.32. The molecule has 1 aromatic heterocycles. The molecule has 0 spiro atoms. The summed E-state index contributed by atoms with van der Waals surface area (Å²) in [7, 11) is 1.45. The molecular formula is C21H24FN3O4. The van der Waals surface area contributed by atoms with Crippen LogP contribution in [0.4, 0.5) is 10.1 Å². The van der Waals surface area contributed by atoms with Gasteiger partial charge in [-0.05, 0) is 44.2 Å². The van der Waals surface area contributed by atoms with Crippen molar-refractivity contribution in [2.75, 3.05) is 31.6 Å². The Kier molecular flexibility index (Phi) is 4.27. The smallest absolute Gasteiger partial charge is 0.341 e. The number of nitrogens with one attached hydrogen (secondary N) is 1. The van der Waals surface area contributed by atoms with Crippen molar-refractivity contribution in [3.8, 4) is 5.75 Å². The molecule has 1 aliphatic carbocycles. The highest BCUT2D eigenvalue weighted by Crippen LogP contribution is 2.43. The number of aromatic carboxylic acids is 1. The number of methoxy groups -OCH3 is 1. The zero-order valence-corrected chi connectivity index (χ0v) is 16.3. The number of halogens is 1. The van der Waals surface area contributed by atoms with E-state index in [1.165, 1.54) is 19.4 Å². The molecule has 2 aromatic rings. The highest BCUT2D eigenvalue weighted by atomic mass is 19.1. The SMILES string of the molecule is COc1cc2c(=O)c(C(=O)O)cn(C3CC3)c2c(F)c1N1C[C@H]2CCCN[C@H]2C1. The first-order valence-electron chi connectivity index (χ1n) is 10.2. The predicted octanol–water partition coefficient (Wildman–Crippen LogP) is 2.37. The Bertz CT molecular complexity index is 1050. The van der Waals surface area contributed by atoms with Crippen LogP contribution in [-0.4, -0.2) is 48.4 Å². The zero-order valence-electron chi connectivity index (χ0n) is 16.3. The van der Waals surface area contributed by atoms with Gasteiger partial charge in [-0.25, -0.2) is 9.18 Å². The Hall–Kier alpha value is -2.61. The molecule has 0 amide bonds. The lowest BCUT2D eigenvalue weighted by Crippen LogP contribution is -2.40. The Morgan fingerprint density at radius 3 is 2.76 bits per heavy atom. The predicted molar refractivity (Wildman–Crippen MR) is 107 cm³/mol. The highest BCUT2D eigenvalue weighted by molar-refractivity contribution is 5.95. The molecule has 2 N–H and O–H groups in total. The molecule has 1 saturated carbocycles. The molecule has 7 nitrogen and oxygen atoms in total. The molecule has 1 aromatic carbocycles. The summed E-state index contributed by atoms with van der Waals surface area (Å²) < 4.78 is 23.1. The van der Waals surface area contributed by atoms with Crippen molar-refractivity contribution < 1.29 is 19.0 Å². The van der Waals surface area contributed by atoms with E-state index in [0.717, 1.165) is 38.8 Å². The van der Waals surface area contributed by atoms with Crippen LogP contribution in [0.1, 0.15) is 42.1 Å². The summed E-state index contributed by atoms with van der Waals surface area (Å²) in [4.78, 5) is 26.4. The molecule has 154 valence electrons. The van der Waals surface area contributed by atoms with Crippen molar-refractivity contribution in [1.82, 2.24) is 9.88 Å². The number of piperidine rings is 1. The quantitative estimate of drug-likeness (QED) is 0.819. The van der Waals surface area contributed by atoms with Crippen LogP contribution in [0, 0.1) is 11.7 Å². The fourth-order valence-electron chi connectivity index (χ4n) is 4.91. The number of pyridine rings is 1. The summed E-state index contributed by atoms with van der Waals surface area (Å²) in [6.45, 7) is 2.40. The van der Waals surface area contributed by atoms with Gasteiger partial charge >= 0.3 is 5.97 Å². The number of benzene rings is 1. The van der Waals surface area contributed by atoms with E-state index in [9.17, 15) is 14.7 Å². The van der Waals surface area contributed by atoms with Gasteiger partial charge in [-0.2, -0.15) is 0 Å². The average Bonchev–Trinajstić information content (AvgIpc) is 3.46. The molecule has 3 fully saturated rings. The molecule has 5 rings (SSSR count). The van der Waals surface area contributed by atoms with Gasteiger partial charge in [-0.3, -0.25) is 4.79 Å². The van der Waals surface area contributed by atoms with E-state index >= 15 is 4.39 Å². The summed E-state index contributed by atoms with van der Waals surface area (Å²) in [5.74, 6) is -1.07. The maximum atomic E-state index is 16.0. The maximum Gasteiger partial charge on any atom is 0.341 e. The monoisotopic (exact) mass is 401 g/mol. The Labute approximate surface area is 167 Å². The topological polar surface area (TPSA) is 83.8 Å². The third-order valence-electron chi connectivity index (χ3n) is 6.50. The Morgan fingerprint density at radius 1 is 1.31 bits per heavy atom. The van der Waals surface area contributed by atoms with Crippen molar-refractivity contribution in [2.24, 2.45) is 5.92 Å². The third kappa shape index (κ3) is 2.88. The third-order valence-corrected chi connectivity index (χ3v) is 6.50. The van der Waals surface area contributed by atoms with E-state index in [1.54, 1.807) is 4.57 Å². The van der Waals surface area contributed by atoms with Crippen molar-refractivity contribution >= 4 is 22.6 Å². The molecule has 29 heavy (non-hydrogen) atoms. The number of carboxylic acids is 1. The summed E-state index contributed by atoms with van der Waals surface area (Å²) in [5.41, 5.74) is -0.464. The highest BCUT2D eigenvalue weighted by Gasteiger charge is 2.38. The van der Waals surface area contributed by atoms with Crippen LogP contribution in [0.2, 0.25) is 0 Å². The molecule has 2 atom stereocenters. The largest absolute Gasteiger partial charge is 0.494 e. The van der Waals surface area contributed by atoms with Crippen LogP contribution in [-0.2, 0) is 0 Å². The number of rotatable bonds is 4. The van der Waals surface area contributed by atoms with Gasteiger partial charge in [-0.1, -0.05) is 0 Å². The summed E-state index contributed by atoms with van der Waals surface area (Å²) in [6, 6.07) is 1.86. The molecule has 0 unspecified atom stereocenters. The number of carbonyl (C=O) groups is 1. The van der Waals surface area contributed by atoms with E-state index < -0.39 is 17.2 Å². The number of nitrogens with zero attached hydrogens (tertiary/aromatic N) is 2. The number of fused-ring (bicyclic) bond motifs is 2. The van der Waals surface area contributed by atoms with Gasteiger partial charge in [0, 0.05) is 31.4 Å². The molecular weight excluding hydrogens is 377 g/mol. The van der Waals surface area contributed by atoms with Crippen LogP contribution < -0.4 is 20.4 Å². The number of hydrogen-bond acceptors (Lipinski definition) is 5. The van der Waals surface area contributed by atoms with Crippen molar-refractivity contribution in [2.45, 2.75) is 37.8 Å². The van der Waals surface area contributed by atoms with E-state index in [-0.39, 0.29) is 28.3 Å². The first-order valence-corrected chi connectivity index (χ1v) is 10.2. The van der Waals surface area contributed by atoms with Crippen LogP contribution in [0.25, 0.3) is 10.9 Å². The summed E-state index contributed by atoms with van der Waals surface area (Å²) >= 11 is 0. The minimum atomic E-state index is -1.30. The molecule has 0 bridgehead atoms. The van der Waals surface area contributed by atoms with Gasteiger partial charge < -0.3 is 24.6 Å². The second-order valence-corrected chi connectivity index (χ2v) is 8.32. The standard InChI is InChI=1S/C21H24FN3O4/c1-29-16-7-13-18(25(12-4-5-12)9-14(20(13)26)21(27)28)17(22)19(16)24-8-11-3-2-6-23-15(11)10-24/h7,9,11-12,15,23H,2-6,8,10H2,1H3,(H,27,28)/t11-,15+/m1/s1. The van der Waals surface area contributed by atoms with Crippen LogP contribution in [0.5, 0.6) is 5.75 Å². The van der Waals surface area contributed by atoms with E-state index in [1.807, 2.05) is 4.90 Å². The first-order chi connectivity index (χ1) is 14.0. The molecule has 3 aliphatic rings. The minimum Gasteiger partial charge on any atom is -0.494 e. The molecule has 3 heterocycles. The number of ether oxygens (including phenoxy) is 1. The van der Waals surface area contributed by atoms with Crippen LogP contribution in [0.3, 0.4) is 0 Å². The first kappa shape index (κ1) is 18.4. The Morgan fingerprint density at radius 2 is 2.10 bits per heavy atom. The van der Waals surface area contributed by atoms with Gasteiger partial charge in [-0.15, -0.1) is 0 Å². The lowest BCUT2D eigenvalue weighted by Gasteiger charge is -2.24. The Balaban J connectivity index is 1.72. The van der Waals surface area contributed by atoms with Crippen molar-refractivity contribution in [3.05, 3.63) is 33.9 Å². The molecule has 2 saturated heterocycles. The number of anilines is 1. The van der Waals surface area contributed by atoms with Crippen LogP contribution >= 0.6 is 0 Å². The van der Waals surface area contributed by atoms with Gasteiger partial charge in [0.2, 0.25) is 5.43 Å². The zero-order chi connectivity index (χ0) is 20.3. The van der Waals surface area contributed by atoms with E-state index in [0.29, 0.717) is 24.2 Å². The molecule has 2 aliphatic heterocycles. The molecule has 8 heteroatoms. The average molecular weight is 401 g/mol. The lowest BCUT2D eigenvalue weighted by atomic mass is 9.94. The van der Waals surface area contributed by atoms with Gasteiger partial charge in [0.05, 0.1) is 18.0 Å².